The fourth-order valence-electron chi connectivity index (χ4n) is 4.61. The van der Waals surface area contributed by atoms with Gasteiger partial charge in [-0.1, -0.05) is 41.7 Å². The molecule has 1 saturated heterocycles. The summed E-state index contributed by atoms with van der Waals surface area (Å²) in [6.45, 7) is 2.40. The first-order valence-electron chi connectivity index (χ1n) is 12.1. The maximum atomic E-state index is 13.6. The molecule has 3 aromatic carbocycles. The van der Waals surface area contributed by atoms with E-state index in [1.807, 2.05) is 13.0 Å². The molecule has 1 aliphatic rings. The number of carbonyl (C=O) groups is 2. The van der Waals surface area contributed by atoms with Crippen molar-refractivity contribution in [3.63, 3.8) is 0 Å². The summed E-state index contributed by atoms with van der Waals surface area (Å²) in [6, 6.07) is 16.3. The maximum Gasteiger partial charge on any atom is 0.301 e. The molecule has 1 unspecified atom stereocenters. The Morgan fingerprint density at radius 2 is 1.67 bits per heavy atom. The Bertz CT molecular complexity index is 1570. The monoisotopic (exact) mass is 546 g/mol. The smallest absolute Gasteiger partial charge is 0.301 e. The van der Waals surface area contributed by atoms with Gasteiger partial charge in [0.15, 0.2) is 16.6 Å². The lowest BCUT2D eigenvalue weighted by atomic mass is 9.95. The zero-order valence-electron chi connectivity index (χ0n) is 21.8. The molecule has 10 heteroatoms. The number of fused-ring (bicyclic) bond motifs is 1. The van der Waals surface area contributed by atoms with E-state index in [0.717, 1.165) is 4.70 Å². The van der Waals surface area contributed by atoms with Gasteiger partial charge in [0.1, 0.15) is 11.5 Å². The molecule has 200 valence electrons. The molecule has 39 heavy (non-hydrogen) atoms. The Hall–Kier alpha value is -4.57. The summed E-state index contributed by atoms with van der Waals surface area (Å²) in [7, 11) is 4.44. The Kier molecular flexibility index (Phi) is 7.12. The van der Waals surface area contributed by atoms with Gasteiger partial charge < -0.3 is 24.1 Å². The number of anilines is 1. The van der Waals surface area contributed by atoms with Crippen LogP contribution in [0.5, 0.6) is 23.0 Å². The SMILES string of the molecule is CCOc1ccc2nc(N3C(=O)C(=O)C(=C(O)c4ccccc4)C3c3cc(OC)c(OC)c(OC)c3)sc2c1. The quantitative estimate of drug-likeness (QED) is 0.179. The predicted octanol–water partition coefficient (Wildman–Crippen LogP) is 5.35. The minimum absolute atomic E-state index is 0.0743. The van der Waals surface area contributed by atoms with E-state index in [1.165, 1.54) is 37.6 Å². The molecule has 1 atom stereocenters. The normalized spacial score (nSPS) is 16.5. The standard InChI is InChI=1S/C29H26N2O7S/c1-5-38-18-11-12-19-22(15-18)39-29(30-19)31-24(17-13-20(35-2)27(37-4)21(14-17)36-3)23(26(33)28(31)34)25(32)16-9-7-6-8-10-16/h6-15,24,32H,5H2,1-4H3. The summed E-state index contributed by atoms with van der Waals surface area (Å²) < 4.78 is 22.9. The van der Waals surface area contributed by atoms with E-state index in [2.05, 4.69) is 4.98 Å². The lowest BCUT2D eigenvalue weighted by Crippen LogP contribution is -2.29. The number of hydrogen-bond donors (Lipinski definition) is 1. The third kappa shape index (κ3) is 4.52. The number of methoxy groups -OCH3 is 3. The maximum absolute atomic E-state index is 13.6. The van der Waals surface area contributed by atoms with Crippen molar-refractivity contribution in [3.8, 4) is 23.0 Å². The molecule has 0 bridgehead atoms. The first-order valence-corrected chi connectivity index (χ1v) is 12.9. The van der Waals surface area contributed by atoms with Crippen LogP contribution >= 0.6 is 11.3 Å². The number of aliphatic hydroxyl groups is 1. The number of amides is 1. The molecule has 0 aliphatic carbocycles. The number of ether oxygens (including phenoxy) is 4. The number of benzene rings is 3. The van der Waals surface area contributed by atoms with Crippen LogP contribution < -0.4 is 23.8 Å². The Morgan fingerprint density at radius 3 is 2.28 bits per heavy atom. The first-order chi connectivity index (χ1) is 18.9. The first kappa shape index (κ1) is 26.1. The molecule has 0 spiro atoms. The Balaban J connectivity index is 1.75. The van der Waals surface area contributed by atoms with Gasteiger partial charge in [0.05, 0.1) is 49.8 Å². The third-order valence-corrected chi connectivity index (χ3v) is 7.38. The number of hydrogen-bond acceptors (Lipinski definition) is 9. The number of nitrogens with zero attached hydrogens (tertiary/aromatic N) is 2. The Labute approximate surface area is 228 Å². The summed E-state index contributed by atoms with van der Waals surface area (Å²) in [5.41, 5.74) is 1.44. The summed E-state index contributed by atoms with van der Waals surface area (Å²) in [5, 5.41) is 11.7. The largest absolute Gasteiger partial charge is 0.507 e. The van der Waals surface area contributed by atoms with Crippen LogP contribution in [0.2, 0.25) is 0 Å². The fraction of sp³-hybridized carbons (Fsp3) is 0.207. The lowest BCUT2D eigenvalue weighted by Gasteiger charge is -2.24. The molecule has 0 saturated carbocycles. The molecular formula is C29H26N2O7S. The highest BCUT2D eigenvalue weighted by atomic mass is 32.1. The topological polar surface area (TPSA) is 107 Å². The van der Waals surface area contributed by atoms with Crippen LogP contribution in [0.4, 0.5) is 5.13 Å². The average molecular weight is 547 g/mol. The van der Waals surface area contributed by atoms with Crippen molar-refractivity contribution in [1.82, 2.24) is 4.98 Å². The number of Topliss-reactive ketones (excluding diaryl/α,β-unsaturated/α-hetero) is 1. The number of carbonyl (C=O) groups excluding carboxylic acids is 2. The van der Waals surface area contributed by atoms with Crippen LogP contribution in [0, 0.1) is 0 Å². The van der Waals surface area contributed by atoms with Gasteiger partial charge >= 0.3 is 5.91 Å². The van der Waals surface area contributed by atoms with Gasteiger partial charge in [-0.05, 0) is 42.8 Å². The van der Waals surface area contributed by atoms with Crippen molar-refractivity contribution in [2.75, 3.05) is 32.8 Å². The van der Waals surface area contributed by atoms with Gasteiger partial charge in [0.2, 0.25) is 5.75 Å². The van der Waals surface area contributed by atoms with Gasteiger partial charge in [-0.3, -0.25) is 14.5 Å². The van der Waals surface area contributed by atoms with E-state index in [9.17, 15) is 14.7 Å². The average Bonchev–Trinajstić information content (AvgIpc) is 3.49. The second-order valence-corrected chi connectivity index (χ2v) is 9.56. The van der Waals surface area contributed by atoms with E-state index in [4.69, 9.17) is 18.9 Å². The van der Waals surface area contributed by atoms with Crippen molar-refractivity contribution >= 4 is 44.1 Å². The van der Waals surface area contributed by atoms with Gasteiger partial charge in [-0.2, -0.15) is 0 Å². The number of aromatic nitrogens is 1. The van der Waals surface area contributed by atoms with Gasteiger partial charge in [0.25, 0.3) is 5.78 Å². The van der Waals surface area contributed by atoms with E-state index in [0.29, 0.717) is 51.4 Å². The molecule has 9 nitrogen and oxygen atoms in total. The lowest BCUT2D eigenvalue weighted by molar-refractivity contribution is -0.132. The molecule has 0 radical (unpaired) electrons. The van der Waals surface area contributed by atoms with E-state index in [-0.39, 0.29) is 11.3 Å². The van der Waals surface area contributed by atoms with E-state index >= 15 is 0 Å². The van der Waals surface area contributed by atoms with Crippen LogP contribution in [-0.4, -0.2) is 49.7 Å². The number of ketones is 1. The number of aliphatic hydroxyl groups excluding tert-OH is 1. The summed E-state index contributed by atoms with van der Waals surface area (Å²) in [5.74, 6) is -0.236. The predicted molar refractivity (Wildman–Crippen MR) is 148 cm³/mol. The van der Waals surface area contributed by atoms with Crippen LogP contribution in [-0.2, 0) is 9.59 Å². The summed E-state index contributed by atoms with van der Waals surface area (Å²) in [6.07, 6.45) is 0. The van der Waals surface area contributed by atoms with Crippen molar-refractivity contribution in [3.05, 3.63) is 77.4 Å². The van der Waals surface area contributed by atoms with Crippen LogP contribution in [0.1, 0.15) is 24.1 Å². The van der Waals surface area contributed by atoms with Gasteiger partial charge in [0, 0.05) is 5.56 Å². The molecule has 1 aliphatic heterocycles. The molecule has 1 aromatic heterocycles. The van der Waals surface area contributed by atoms with E-state index < -0.39 is 17.7 Å². The highest BCUT2D eigenvalue weighted by Crippen LogP contribution is 2.48. The summed E-state index contributed by atoms with van der Waals surface area (Å²) in [4.78, 5) is 33.1. The molecule has 1 fully saturated rings. The Morgan fingerprint density at radius 1 is 0.974 bits per heavy atom. The zero-order valence-corrected chi connectivity index (χ0v) is 22.6. The molecule has 5 rings (SSSR count). The van der Waals surface area contributed by atoms with Crippen molar-refractivity contribution in [2.45, 2.75) is 13.0 Å². The zero-order chi connectivity index (χ0) is 27.7. The second-order valence-electron chi connectivity index (χ2n) is 8.55. The molecule has 4 aromatic rings. The van der Waals surface area contributed by atoms with Crippen molar-refractivity contribution in [1.29, 1.82) is 0 Å². The second kappa shape index (κ2) is 10.7. The molecule has 2 heterocycles. The summed E-state index contributed by atoms with van der Waals surface area (Å²) >= 11 is 1.25. The van der Waals surface area contributed by atoms with Crippen LogP contribution in [0.3, 0.4) is 0 Å². The molecule has 1 N–H and O–H groups in total. The number of rotatable bonds is 8. The van der Waals surface area contributed by atoms with Crippen molar-refractivity contribution in [2.24, 2.45) is 0 Å². The van der Waals surface area contributed by atoms with Gasteiger partial charge in [-0.15, -0.1) is 0 Å². The van der Waals surface area contributed by atoms with Crippen LogP contribution in [0.25, 0.3) is 16.0 Å². The van der Waals surface area contributed by atoms with Crippen molar-refractivity contribution < 1.29 is 33.6 Å². The highest BCUT2D eigenvalue weighted by molar-refractivity contribution is 7.22. The minimum atomic E-state index is -1.02. The number of thiazole rings is 1. The highest BCUT2D eigenvalue weighted by Gasteiger charge is 2.48. The molecule has 1 amide bonds. The molecular weight excluding hydrogens is 520 g/mol. The van der Waals surface area contributed by atoms with E-state index in [1.54, 1.807) is 54.6 Å². The van der Waals surface area contributed by atoms with Crippen LogP contribution in [0.15, 0.2) is 66.2 Å². The van der Waals surface area contributed by atoms with Gasteiger partial charge in [-0.25, -0.2) is 4.98 Å². The minimum Gasteiger partial charge on any atom is -0.507 e. The third-order valence-electron chi connectivity index (χ3n) is 6.36. The fourth-order valence-corrected chi connectivity index (χ4v) is 5.63.